The fourth-order valence-corrected chi connectivity index (χ4v) is 3.64. The van der Waals surface area contributed by atoms with Crippen LogP contribution >= 0.6 is 0 Å². The third-order valence-electron chi connectivity index (χ3n) is 5.21. The minimum atomic E-state index is -0.215. The average molecular weight is 383 g/mol. The highest BCUT2D eigenvalue weighted by atomic mass is 16.6. The quantitative estimate of drug-likeness (QED) is 0.322. The van der Waals surface area contributed by atoms with Gasteiger partial charge in [0.2, 0.25) is 0 Å². The van der Waals surface area contributed by atoms with E-state index >= 15 is 0 Å². The Morgan fingerprint density at radius 1 is 0.821 bits per heavy atom. The lowest BCUT2D eigenvalue weighted by molar-refractivity contribution is 0.315. The van der Waals surface area contributed by atoms with Gasteiger partial charge in [0.1, 0.15) is 11.0 Å². The molecule has 0 fully saturated rings. The number of phenolic OH excluding ortho intramolecular Hbond substituents is 2. The highest BCUT2D eigenvalue weighted by molar-refractivity contribution is 5.98. The predicted octanol–water partition coefficient (Wildman–Crippen LogP) is 5.77. The zero-order valence-electron chi connectivity index (χ0n) is 16.5. The van der Waals surface area contributed by atoms with E-state index in [1.807, 2.05) is 6.07 Å². The smallest absolute Gasteiger partial charge is 0.169 e. The van der Waals surface area contributed by atoms with Crippen molar-refractivity contribution in [2.24, 2.45) is 0 Å². The molecule has 2 N–H and O–H groups in total. The highest BCUT2D eigenvalue weighted by Gasteiger charge is 2.24. The van der Waals surface area contributed by atoms with Crippen LogP contribution in [0.1, 0.15) is 70.3 Å². The molecule has 2 heterocycles. The molecule has 6 heteroatoms. The number of fused-ring (bicyclic) bond motifs is 1. The molecule has 28 heavy (non-hydrogen) atoms. The van der Waals surface area contributed by atoms with Crippen molar-refractivity contribution in [3.05, 3.63) is 30.0 Å². The van der Waals surface area contributed by atoms with E-state index in [9.17, 15) is 10.2 Å². The molecule has 0 saturated carbocycles. The number of rotatable bonds is 11. The van der Waals surface area contributed by atoms with Crippen LogP contribution < -0.4 is 0 Å². The molecule has 6 nitrogen and oxygen atoms in total. The van der Waals surface area contributed by atoms with Gasteiger partial charge in [-0.05, 0) is 35.3 Å². The number of pyridine rings is 1. The molecule has 2 aromatic heterocycles. The van der Waals surface area contributed by atoms with Crippen LogP contribution in [0.4, 0.5) is 0 Å². The van der Waals surface area contributed by atoms with Crippen molar-refractivity contribution in [3.63, 3.8) is 0 Å². The van der Waals surface area contributed by atoms with E-state index < -0.39 is 0 Å². The maximum absolute atomic E-state index is 10.6. The molecule has 0 aliphatic heterocycles. The predicted molar refractivity (Wildman–Crippen MR) is 109 cm³/mol. The summed E-state index contributed by atoms with van der Waals surface area (Å²) in [6.07, 6.45) is 13.3. The minimum absolute atomic E-state index is 0.150. The summed E-state index contributed by atoms with van der Waals surface area (Å²) in [6.45, 7) is 2.23. The van der Waals surface area contributed by atoms with Crippen molar-refractivity contribution < 1.29 is 14.8 Å². The van der Waals surface area contributed by atoms with Gasteiger partial charge in [0.05, 0.1) is 11.3 Å². The lowest BCUT2D eigenvalue weighted by Gasteiger charge is -2.11. The second kappa shape index (κ2) is 10.1. The zero-order chi connectivity index (χ0) is 19.8. The molecule has 1 aromatic carbocycles. The van der Waals surface area contributed by atoms with Crippen molar-refractivity contribution in [3.8, 4) is 22.8 Å². The summed E-state index contributed by atoms with van der Waals surface area (Å²) in [4.78, 5) is 4.25. The van der Waals surface area contributed by atoms with Gasteiger partial charge >= 0.3 is 0 Å². The molecule has 0 spiro atoms. The van der Waals surface area contributed by atoms with Crippen LogP contribution in [0.25, 0.3) is 22.3 Å². The van der Waals surface area contributed by atoms with E-state index in [0.717, 1.165) is 12.8 Å². The third kappa shape index (κ3) is 4.61. The monoisotopic (exact) mass is 383 g/mol. The van der Waals surface area contributed by atoms with Gasteiger partial charge in [-0.3, -0.25) is 4.98 Å². The number of hydrogen-bond donors (Lipinski definition) is 2. The minimum Gasteiger partial charge on any atom is -0.504 e. The van der Waals surface area contributed by atoms with E-state index in [2.05, 4.69) is 22.2 Å². The Bertz CT molecular complexity index is 878. The van der Waals surface area contributed by atoms with Gasteiger partial charge in [-0.1, -0.05) is 64.4 Å². The van der Waals surface area contributed by atoms with Crippen LogP contribution in [0.3, 0.4) is 0 Å². The fourth-order valence-electron chi connectivity index (χ4n) is 3.64. The molecular formula is C22H29N3O3. The Morgan fingerprint density at radius 2 is 1.50 bits per heavy atom. The average Bonchev–Trinajstić information content (AvgIpc) is 3.19. The molecule has 150 valence electrons. The second-order valence-electron chi connectivity index (χ2n) is 7.31. The van der Waals surface area contributed by atoms with Gasteiger partial charge in [-0.25, -0.2) is 4.63 Å². The van der Waals surface area contributed by atoms with Gasteiger partial charge in [0.25, 0.3) is 0 Å². The summed E-state index contributed by atoms with van der Waals surface area (Å²) in [7, 11) is 0. The summed E-state index contributed by atoms with van der Waals surface area (Å²) in [5.74, 6) is -0.365. The van der Waals surface area contributed by atoms with Gasteiger partial charge in [-0.2, -0.15) is 0 Å². The van der Waals surface area contributed by atoms with Gasteiger partial charge in [0, 0.05) is 11.8 Å². The molecule has 0 aliphatic rings. The highest BCUT2D eigenvalue weighted by Crippen LogP contribution is 2.44. The van der Waals surface area contributed by atoms with Crippen molar-refractivity contribution >= 4 is 11.0 Å². The van der Waals surface area contributed by atoms with Crippen LogP contribution in [-0.2, 0) is 6.42 Å². The first-order chi connectivity index (χ1) is 13.7. The van der Waals surface area contributed by atoms with Gasteiger partial charge in [0.15, 0.2) is 11.5 Å². The SMILES string of the molecule is CCCCCCCCCCCc1c(O)c(O)c(-c2ccccn2)c2nonc12. The van der Waals surface area contributed by atoms with Crippen LogP contribution in [0, 0.1) is 0 Å². The molecule has 3 aromatic rings. The number of aromatic nitrogens is 3. The number of unbranched alkanes of at least 4 members (excludes halogenated alkanes) is 8. The number of aromatic hydroxyl groups is 2. The molecule has 0 radical (unpaired) electrons. The standard InChI is InChI=1S/C22H29N3O3/c1-2-3-4-5-6-7-8-9-10-13-16-19-20(25-28-24-19)18(22(27)21(16)26)17-14-11-12-15-23-17/h11-12,14-15,26-27H,2-10,13H2,1H3. The Labute approximate surface area is 165 Å². The zero-order valence-corrected chi connectivity index (χ0v) is 16.5. The van der Waals surface area contributed by atoms with E-state index in [1.54, 1.807) is 18.3 Å². The first-order valence-electron chi connectivity index (χ1n) is 10.3. The molecule has 0 saturated heterocycles. The Hall–Kier alpha value is -2.63. The van der Waals surface area contributed by atoms with Crippen LogP contribution in [0.5, 0.6) is 11.5 Å². The van der Waals surface area contributed by atoms with E-state index in [-0.39, 0.29) is 11.5 Å². The number of nitrogens with zero attached hydrogens (tertiary/aromatic N) is 3. The number of benzene rings is 1. The molecule has 0 atom stereocenters. The first kappa shape index (κ1) is 20.1. The van der Waals surface area contributed by atoms with E-state index in [4.69, 9.17) is 4.63 Å². The summed E-state index contributed by atoms with van der Waals surface area (Å²) in [5, 5.41) is 29.1. The van der Waals surface area contributed by atoms with E-state index in [0.29, 0.717) is 34.3 Å². The number of hydrogen-bond acceptors (Lipinski definition) is 6. The van der Waals surface area contributed by atoms with Gasteiger partial charge in [-0.15, -0.1) is 0 Å². The summed E-state index contributed by atoms with van der Waals surface area (Å²) >= 11 is 0. The summed E-state index contributed by atoms with van der Waals surface area (Å²) in [6, 6.07) is 5.36. The lowest BCUT2D eigenvalue weighted by atomic mass is 9.98. The molecule has 0 unspecified atom stereocenters. The molecule has 0 amide bonds. The summed E-state index contributed by atoms with van der Waals surface area (Å²) in [5.41, 5.74) is 2.39. The van der Waals surface area contributed by atoms with Crippen LogP contribution in [0.15, 0.2) is 29.0 Å². The Balaban J connectivity index is 1.65. The second-order valence-corrected chi connectivity index (χ2v) is 7.31. The van der Waals surface area contributed by atoms with Crippen molar-refractivity contribution in [1.29, 1.82) is 0 Å². The topological polar surface area (TPSA) is 92.3 Å². The lowest BCUT2D eigenvalue weighted by Crippen LogP contribution is -1.94. The largest absolute Gasteiger partial charge is 0.504 e. The molecule has 0 bridgehead atoms. The van der Waals surface area contributed by atoms with Crippen LogP contribution in [0.2, 0.25) is 0 Å². The Morgan fingerprint density at radius 3 is 2.18 bits per heavy atom. The third-order valence-corrected chi connectivity index (χ3v) is 5.21. The first-order valence-corrected chi connectivity index (χ1v) is 10.3. The van der Waals surface area contributed by atoms with Gasteiger partial charge < -0.3 is 10.2 Å². The number of aryl methyl sites for hydroxylation is 1. The molecular weight excluding hydrogens is 354 g/mol. The summed E-state index contributed by atoms with van der Waals surface area (Å²) < 4.78 is 4.92. The maximum atomic E-state index is 10.6. The van der Waals surface area contributed by atoms with Crippen LogP contribution in [-0.4, -0.2) is 25.5 Å². The molecule has 0 aliphatic carbocycles. The van der Waals surface area contributed by atoms with Crippen molar-refractivity contribution in [2.75, 3.05) is 0 Å². The van der Waals surface area contributed by atoms with Crippen molar-refractivity contribution in [1.82, 2.24) is 15.3 Å². The Kier molecular flexibility index (Phi) is 7.23. The van der Waals surface area contributed by atoms with E-state index in [1.165, 1.54) is 44.9 Å². The molecule has 3 rings (SSSR count). The fraction of sp³-hybridized carbons (Fsp3) is 0.500. The normalized spacial score (nSPS) is 11.3. The van der Waals surface area contributed by atoms with Crippen molar-refractivity contribution in [2.45, 2.75) is 71.1 Å². The maximum Gasteiger partial charge on any atom is 0.169 e. The number of phenols is 2.